The normalized spacial score (nSPS) is 16.7. The number of Topliss-reactive ketones (excluding diaryl/α,β-unsaturated/α-hetero) is 2. The van der Waals surface area contributed by atoms with Crippen molar-refractivity contribution >= 4 is 41.1 Å². The number of carbonyl (C=O) groups is 7. The van der Waals surface area contributed by atoms with E-state index in [1.165, 1.54) is 6.92 Å². The Bertz CT molecular complexity index is 1250. The van der Waals surface area contributed by atoms with Gasteiger partial charge in [0.1, 0.15) is 18.5 Å². The molecule has 0 bridgehead atoms. The second kappa shape index (κ2) is 16.9. The Labute approximate surface area is 280 Å². The van der Waals surface area contributed by atoms with Crippen LogP contribution in [0.15, 0.2) is 23.8 Å². The number of likely N-dealkylation sites (N-methyl/N-ethyl adjacent to an activating group) is 2. The van der Waals surface area contributed by atoms with Gasteiger partial charge in [0.2, 0.25) is 17.7 Å². The lowest BCUT2D eigenvalue weighted by Crippen LogP contribution is -2.60. The summed E-state index contributed by atoms with van der Waals surface area (Å²) in [6.07, 6.45) is 3.91. The van der Waals surface area contributed by atoms with Crippen molar-refractivity contribution in [3.8, 4) is 0 Å². The number of amides is 5. The molecule has 1 aliphatic heterocycles. The van der Waals surface area contributed by atoms with Gasteiger partial charge < -0.3 is 20.3 Å². The molecule has 0 radical (unpaired) electrons. The fraction of sp³-hybridized carbons (Fsp3) is 0.686. The van der Waals surface area contributed by atoms with Crippen molar-refractivity contribution in [2.45, 2.75) is 107 Å². The fourth-order valence-corrected chi connectivity index (χ4v) is 5.79. The minimum Gasteiger partial charge on any atom is -0.342 e. The van der Waals surface area contributed by atoms with Gasteiger partial charge in [-0.25, -0.2) is 0 Å². The minimum absolute atomic E-state index is 0.0291. The summed E-state index contributed by atoms with van der Waals surface area (Å²) in [5.41, 5.74) is -0.579. The molecule has 0 aliphatic carbocycles. The average molecular weight is 660 g/mol. The van der Waals surface area contributed by atoms with Crippen molar-refractivity contribution in [1.29, 1.82) is 0 Å². The highest BCUT2D eigenvalue weighted by Gasteiger charge is 2.41. The Balaban J connectivity index is 3.12. The zero-order chi connectivity index (χ0) is 36.6. The summed E-state index contributed by atoms with van der Waals surface area (Å²) in [5, 5.41) is 5.54. The van der Waals surface area contributed by atoms with Gasteiger partial charge in [-0.3, -0.25) is 38.6 Å². The van der Waals surface area contributed by atoms with E-state index in [4.69, 9.17) is 0 Å². The van der Waals surface area contributed by atoms with Crippen LogP contribution in [0.3, 0.4) is 0 Å². The van der Waals surface area contributed by atoms with Crippen molar-refractivity contribution in [3.05, 3.63) is 23.8 Å². The molecule has 1 heterocycles. The van der Waals surface area contributed by atoms with E-state index in [2.05, 4.69) is 10.6 Å². The van der Waals surface area contributed by atoms with E-state index in [0.29, 0.717) is 5.57 Å². The lowest BCUT2D eigenvalue weighted by Gasteiger charge is -2.40. The molecule has 264 valence electrons. The maximum absolute atomic E-state index is 14.0. The first-order valence-corrected chi connectivity index (χ1v) is 16.2. The van der Waals surface area contributed by atoms with Gasteiger partial charge in [-0.05, 0) is 56.7 Å². The van der Waals surface area contributed by atoms with Gasteiger partial charge in [-0.15, -0.1) is 0 Å². The van der Waals surface area contributed by atoms with Crippen LogP contribution in [0.4, 0.5) is 0 Å². The molecule has 0 saturated carbocycles. The highest BCUT2D eigenvalue weighted by Crippen LogP contribution is 2.27. The lowest BCUT2D eigenvalue weighted by atomic mass is 9.82. The molecular formula is C35H57N5O7. The number of imide groups is 1. The third kappa shape index (κ3) is 12.1. The standard InChI is InChI=1S/C35H57N5O7/c1-21(2)25(39(13)33(47)29(34(5,6)7)37-32(46)30(38(11)12)35(8,9)10)18-22(3)26(42)15-14-24(19-23(4)41)31(45)36-20-40-27(43)16-17-28(40)44/h16-18,21,24-25,29-30H,14-15,19-20H2,1-13H3,(H,36,45)(H,37,46)/b22-18+/t24?,25-,29-,30-/m1/s1. The van der Waals surface area contributed by atoms with Gasteiger partial charge in [-0.1, -0.05) is 61.5 Å². The van der Waals surface area contributed by atoms with E-state index in [1.54, 1.807) is 24.9 Å². The molecule has 0 aromatic rings. The SMILES string of the molecule is CC(=O)CC(CCC(=O)/C(C)=C/[C@H](C(C)C)N(C)C(=O)[C@@H](NC(=O)[C@@H](N(C)C)C(C)(C)C)C(C)(C)C)C(=O)NCN1C(=O)C=CC1=O. The van der Waals surface area contributed by atoms with E-state index < -0.39 is 47.2 Å². The summed E-state index contributed by atoms with van der Waals surface area (Å²) in [6.45, 7) is 18.2. The van der Waals surface area contributed by atoms with Crippen LogP contribution in [0.5, 0.6) is 0 Å². The molecule has 0 aromatic carbocycles. The van der Waals surface area contributed by atoms with Gasteiger partial charge in [0, 0.05) is 38.0 Å². The highest BCUT2D eigenvalue weighted by molar-refractivity contribution is 6.13. The summed E-state index contributed by atoms with van der Waals surface area (Å²) in [6, 6.07) is -1.77. The Hall–Kier alpha value is -3.67. The Kier molecular flexibility index (Phi) is 14.9. The van der Waals surface area contributed by atoms with Crippen LogP contribution in [0.25, 0.3) is 0 Å². The molecule has 12 heteroatoms. The molecule has 12 nitrogen and oxygen atoms in total. The third-order valence-electron chi connectivity index (χ3n) is 8.26. The van der Waals surface area contributed by atoms with Crippen LogP contribution in [-0.4, -0.2) is 102 Å². The summed E-state index contributed by atoms with van der Waals surface area (Å²) in [4.78, 5) is 93.4. The maximum atomic E-state index is 14.0. The molecule has 1 unspecified atom stereocenters. The molecule has 0 saturated heterocycles. The van der Waals surface area contributed by atoms with Crippen molar-refractivity contribution in [1.82, 2.24) is 25.3 Å². The second-order valence-electron chi connectivity index (χ2n) is 15.3. The third-order valence-corrected chi connectivity index (χ3v) is 8.26. The van der Waals surface area contributed by atoms with E-state index in [9.17, 15) is 33.6 Å². The number of rotatable bonds is 16. The zero-order valence-corrected chi connectivity index (χ0v) is 30.6. The number of hydrogen-bond acceptors (Lipinski definition) is 8. The van der Waals surface area contributed by atoms with Crippen LogP contribution >= 0.6 is 0 Å². The number of hydrogen-bond donors (Lipinski definition) is 2. The summed E-state index contributed by atoms with van der Waals surface area (Å²) in [7, 11) is 5.33. The number of carbonyl (C=O) groups excluding carboxylic acids is 7. The van der Waals surface area contributed by atoms with Gasteiger partial charge in [0.25, 0.3) is 11.8 Å². The molecule has 0 fully saturated rings. The monoisotopic (exact) mass is 659 g/mol. The van der Waals surface area contributed by atoms with Crippen LogP contribution in [0, 0.1) is 22.7 Å². The predicted molar refractivity (Wildman–Crippen MR) is 181 cm³/mol. The molecule has 0 aromatic heterocycles. The maximum Gasteiger partial charge on any atom is 0.255 e. The number of allylic oxidation sites excluding steroid dienone is 1. The molecule has 1 aliphatic rings. The van der Waals surface area contributed by atoms with Gasteiger partial charge >= 0.3 is 0 Å². The zero-order valence-electron chi connectivity index (χ0n) is 30.6. The van der Waals surface area contributed by atoms with E-state index in [-0.39, 0.29) is 60.6 Å². The van der Waals surface area contributed by atoms with Crippen LogP contribution < -0.4 is 10.6 Å². The summed E-state index contributed by atoms with van der Waals surface area (Å²) in [5.74, 6) is -3.54. The van der Waals surface area contributed by atoms with Crippen molar-refractivity contribution in [3.63, 3.8) is 0 Å². The van der Waals surface area contributed by atoms with Crippen LogP contribution in [-0.2, 0) is 33.6 Å². The first-order valence-electron chi connectivity index (χ1n) is 16.2. The number of nitrogens with one attached hydrogen (secondary N) is 2. The Morgan fingerprint density at radius 1 is 0.872 bits per heavy atom. The van der Waals surface area contributed by atoms with Crippen LogP contribution in [0.1, 0.15) is 88.5 Å². The average Bonchev–Trinajstić information content (AvgIpc) is 3.24. The molecule has 0 spiro atoms. The minimum atomic E-state index is -0.830. The van der Waals surface area contributed by atoms with Crippen molar-refractivity contribution in [2.24, 2.45) is 22.7 Å². The molecule has 47 heavy (non-hydrogen) atoms. The highest BCUT2D eigenvalue weighted by atomic mass is 16.2. The second-order valence-corrected chi connectivity index (χ2v) is 15.3. The topological polar surface area (TPSA) is 153 Å². The number of ketones is 2. The number of nitrogens with zero attached hydrogens (tertiary/aromatic N) is 3. The quantitative estimate of drug-likeness (QED) is 0.190. The predicted octanol–water partition coefficient (Wildman–Crippen LogP) is 2.87. The lowest BCUT2D eigenvalue weighted by molar-refractivity contribution is -0.142. The van der Waals surface area contributed by atoms with E-state index in [1.807, 2.05) is 74.4 Å². The van der Waals surface area contributed by atoms with Gasteiger partial charge in [-0.2, -0.15) is 0 Å². The van der Waals surface area contributed by atoms with Crippen molar-refractivity contribution < 1.29 is 33.6 Å². The van der Waals surface area contributed by atoms with Crippen molar-refractivity contribution in [2.75, 3.05) is 27.8 Å². The van der Waals surface area contributed by atoms with Gasteiger partial charge in [0.05, 0.1) is 12.1 Å². The smallest absolute Gasteiger partial charge is 0.255 e. The molecular weight excluding hydrogens is 602 g/mol. The molecule has 4 atom stereocenters. The summed E-state index contributed by atoms with van der Waals surface area (Å²) < 4.78 is 0. The Morgan fingerprint density at radius 3 is 1.83 bits per heavy atom. The van der Waals surface area contributed by atoms with Gasteiger partial charge in [0.15, 0.2) is 5.78 Å². The Morgan fingerprint density at radius 2 is 1.40 bits per heavy atom. The van der Waals surface area contributed by atoms with E-state index >= 15 is 0 Å². The van der Waals surface area contributed by atoms with Crippen LogP contribution in [0.2, 0.25) is 0 Å². The molecule has 1 rings (SSSR count). The first kappa shape index (κ1) is 41.4. The first-order chi connectivity index (χ1) is 21.4. The summed E-state index contributed by atoms with van der Waals surface area (Å²) >= 11 is 0. The molecule has 2 N–H and O–H groups in total. The largest absolute Gasteiger partial charge is 0.342 e. The van der Waals surface area contributed by atoms with E-state index in [0.717, 1.165) is 17.1 Å². The molecule has 5 amide bonds. The fourth-order valence-electron chi connectivity index (χ4n) is 5.79.